The van der Waals surface area contributed by atoms with Crippen LogP contribution in [-0.4, -0.2) is 23.9 Å². The standard InChI is InChI=1S/C11H18N4/c1-4-8(2)15(3)10-7-14-6-5-9(10)11(12)13/h5-8H,4H2,1-3H3,(H3,12,13). The van der Waals surface area contributed by atoms with Gasteiger partial charge in [-0.05, 0) is 19.4 Å². The maximum atomic E-state index is 7.49. The monoisotopic (exact) mass is 206 g/mol. The highest BCUT2D eigenvalue weighted by Crippen LogP contribution is 2.20. The Labute approximate surface area is 90.6 Å². The molecule has 1 aromatic heterocycles. The minimum absolute atomic E-state index is 0.0857. The molecule has 1 atom stereocenters. The quantitative estimate of drug-likeness (QED) is 0.581. The first-order chi connectivity index (χ1) is 7.07. The van der Waals surface area contributed by atoms with Gasteiger partial charge in [0.2, 0.25) is 0 Å². The van der Waals surface area contributed by atoms with Gasteiger partial charge in [-0.3, -0.25) is 10.4 Å². The second-order valence-electron chi connectivity index (χ2n) is 3.67. The number of hydrogen-bond acceptors (Lipinski definition) is 3. The average molecular weight is 206 g/mol. The molecule has 1 aromatic rings. The normalized spacial score (nSPS) is 12.2. The van der Waals surface area contributed by atoms with Crippen LogP contribution in [0.15, 0.2) is 18.5 Å². The lowest BCUT2D eigenvalue weighted by Crippen LogP contribution is -2.30. The number of amidine groups is 1. The highest BCUT2D eigenvalue weighted by Gasteiger charge is 2.13. The van der Waals surface area contributed by atoms with Crippen LogP contribution >= 0.6 is 0 Å². The molecule has 4 nitrogen and oxygen atoms in total. The Kier molecular flexibility index (Phi) is 3.66. The number of rotatable bonds is 4. The van der Waals surface area contributed by atoms with Crippen LogP contribution in [0.25, 0.3) is 0 Å². The Bertz CT molecular complexity index is 348. The molecule has 0 amide bonds. The first-order valence-corrected chi connectivity index (χ1v) is 5.09. The molecule has 0 spiro atoms. The zero-order chi connectivity index (χ0) is 11.4. The zero-order valence-corrected chi connectivity index (χ0v) is 9.49. The highest BCUT2D eigenvalue weighted by atomic mass is 15.1. The summed E-state index contributed by atoms with van der Waals surface area (Å²) < 4.78 is 0. The van der Waals surface area contributed by atoms with Crippen molar-refractivity contribution in [3.8, 4) is 0 Å². The molecular formula is C11H18N4. The van der Waals surface area contributed by atoms with Crippen LogP contribution in [0, 0.1) is 5.41 Å². The predicted molar refractivity (Wildman–Crippen MR) is 63.4 cm³/mol. The van der Waals surface area contributed by atoms with Gasteiger partial charge in [-0.2, -0.15) is 0 Å². The van der Waals surface area contributed by atoms with E-state index in [-0.39, 0.29) is 5.84 Å². The maximum absolute atomic E-state index is 7.49. The van der Waals surface area contributed by atoms with E-state index in [1.54, 1.807) is 18.5 Å². The number of nitrogen functional groups attached to an aromatic ring is 1. The molecule has 3 N–H and O–H groups in total. The molecule has 4 heteroatoms. The van der Waals surface area contributed by atoms with Crippen LogP contribution in [-0.2, 0) is 0 Å². The van der Waals surface area contributed by atoms with Crippen molar-refractivity contribution in [2.45, 2.75) is 26.3 Å². The molecule has 0 bridgehead atoms. The van der Waals surface area contributed by atoms with E-state index in [1.165, 1.54) is 0 Å². The third-order valence-corrected chi connectivity index (χ3v) is 2.72. The van der Waals surface area contributed by atoms with Crippen LogP contribution in [0.4, 0.5) is 5.69 Å². The fraction of sp³-hybridized carbons (Fsp3) is 0.455. The van der Waals surface area contributed by atoms with Crippen LogP contribution in [0.5, 0.6) is 0 Å². The summed E-state index contributed by atoms with van der Waals surface area (Å²) in [5.41, 5.74) is 7.18. The molecule has 0 saturated carbocycles. The van der Waals surface area contributed by atoms with Gasteiger partial charge in [0.05, 0.1) is 11.9 Å². The first kappa shape index (κ1) is 11.5. The second kappa shape index (κ2) is 4.77. The molecular weight excluding hydrogens is 188 g/mol. The van der Waals surface area contributed by atoms with Crippen molar-refractivity contribution in [3.05, 3.63) is 24.0 Å². The number of anilines is 1. The van der Waals surface area contributed by atoms with Gasteiger partial charge in [0.1, 0.15) is 5.84 Å². The molecule has 1 rings (SSSR count). The minimum Gasteiger partial charge on any atom is -0.384 e. The summed E-state index contributed by atoms with van der Waals surface area (Å²) in [5, 5.41) is 7.49. The van der Waals surface area contributed by atoms with E-state index in [4.69, 9.17) is 11.1 Å². The van der Waals surface area contributed by atoms with E-state index in [0.717, 1.165) is 17.7 Å². The van der Waals surface area contributed by atoms with Crippen molar-refractivity contribution in [3.63, 3.8) is 0 Å². The number of nitrogens with zero attached hydrogens (tertiary/aromatic N) is 2. The molecule has 82 valence electrons. The van der Waals surface area contributed by atoms with E-state index in [0.29, 0.717) is 6.04 Å². The second-order valence-corrected chi connectivity index (χ2v) is 3.67. The van der Waals surface area contributed by atoms with Crippen molar-refractivity contribution in [2.75, 3.05) is 11.9 Å². The molecule has 15 heavy (non-hydrogen) atoms. The van der Waals surface area contributed by atoms with Gasteiger partial charge in [0, 0.05) is 24.8 Å². The third-order valence-electron chi connectivity index (χ3n) is 2.72. The Morgan fingerprint density at radius 1 is 1.67 bits per heavy atom. The molecule has 0 radical (unpaired) electrons. The number of pyridine rings is 1. The Balaban J connectivity index is 3.07. The summed E-state index contributed by atoms with van der Waals surface area (Å²) in [7, 11) is 2.00. The average Bonchev–Trinajstić information content (AvgIpc) is 2.27. The van der Waals surface area contributed by atoms with Gasteiger partial charge < -0.3 is 10.6 Å². The number of nitrogens with two attached hydrogens (primary N) is 1. The molecule has 1 unspecified atom stereocenters. The van der Waals surface area contributed by atoms with Gasteiger partial charge in [-0.25, -0.2) is 0 Å². The molecule has 0 aliphatic carbocycles. The van der Waals surface area contributed by atoms with Crippen molar-refractivity contribution >= 4 is 11.5 Å². The van der Waals surface area contributed by atoms with Crippen LogP contribution in [0.1, 0.15) is 25.8 Å². The maximum Gasteiger partial charge on any atom is 0.125 e. The molecule has 0 fully saturated rings. The fourth-order valence-corrected chi connectivity index (χ4v) is 1.41. The summed E-state index contributed by atoms with van der Waals surface area (Å²) in [6, 6.07) is 2.18. The van der Waals surface area contributed by atoms with Crippen molar-refractivity contribution < 1.29 is 0 Å². The summed E-state index contributed by atoms with van der Waals surface area (Å²) in [4.78, 5) is 6.17. The van der Waals surface area contributed by atoms with Crippen LogP contribution in [0.2, 0.25) is 0 Å². The molecule has 0 aromatic carbocycles. The smallest absolute Gasteiger partial charge is 0.125 e. The summed E-state index contributed by atoms with van der Waals surface area (Å²) in [6.07, 6.45) is 4.45. The predicted octanol–water partition coefficient (Wildman–Crippen LogP) is 1.60. The van der Waals surface area contributed by atoms with Crippen molar-refractivity contribution in [2.24, 2.45) is 5.73 Å². The molecule has 0 saturated heterocycles. The van der Waals surface area contributed by atoms with Crippen molar-refractivity contribution in [1.82, 2.24) is 4.98 Å². The first-order valence-electron chi connectivity index (χ1n) is 5.09. The number of aromatic nitrogens is 1. The summed E-state index contributed by atoms with van der Waals surface area (Å²) in [5.74, 6) is 0.0857. The number of nitrogens with one attached hydrogen (secondary N) is 1. The lowest BCUT2D eigenvalue weighted by molar-refractivity contribution is 0.662. The van der Waals surface area contributed by atoms with Gasteiger partial charge in [0.15, 0.2) is 0 Å². The van der Waals surface area contributed by atoms with E-state index < -0.39 is 0 Å². The highest BCUT2D eigenvalue weighted by molar-refractivity contribution is 6.00. The zero-order valence-electron chi connectivity index (χ0n) is 9.49. The fourth-order valence-electron chi connectivity index (χ4n) is 1.41. The van der Waals surface area contributed by atoms with E-state index in [1.807, 2.05) is 7.05 Å². The van der Waals surface area contributed by atoms with Crippen LogP contribution < -0.4 is 10.6 Å². The van der Waals surface area contributed by atoms with E-state index >= 15 is 0 Å². The lowest BCUT2D eigenvalue weighted by atomic mass is 10.1. The topological polar surface area (TPSA) is 66.0 Å². The Hall–Kier alpha value is -1.58. The van der Waals surface area contributed by atoms with Crippen LogP contribution in [0.3, 0.4) is 0 Å². The molecule has 0 aliphatic rings. The van der Waals surface area contributed by atoms with Gasteiger partial charge in [0.25, 0.3) is 0 Å². The summed E-state index contributed by atoms with van der Waals surface area (Å²) in [6.45, 7) is 4.27. The Morgan fingerprint density at radius 2 is 2.33 bits per heavy atom. The third kappa shape index (κ3) is 2.46. The van der Waals surface area contributed by atoms with E-state index in [2.05, 4.69) is 23.7 Å². The SMILES string of the molecule is CCC(C)N(C)c1cnccc1C(=N)N. The van der Waals surface area contributed by atoms with Gasteiger partial charge >= 0.3 is 0 Å². The van der Waals surface area contributed by atoms with E-state index in [9.17, 15) is 0 Å². The number of hydrogen-bond donors (Lipinski definition) is 2. The Morgan fingerprint density at radius 3 is 2.87 bits per heavy atom. The van der Waals surface area contributed by atoms with Gasteiger partial charge in [-0.15, -0.1) is 0 Å². The van der Waals surface area contributed by atoms with Gasteiger partial charge in [-0.1, -0.05) is 6.92 Å². The summed E-state index contributed by atoms with van der Waals surface area (Å²) >= 11 is 0. The minimum atomic E-state index is 0.0857. The lowest BCUT2D eigenvalue weighted by Gasteiger charge is -2.27. The molecule has 1 heterocycles. The van der Waals surface area contributed by atoms with Crippen molar-refractivity contribution in [1.29, 1.82) is 5.41 Å². The largest absolute Gasteiger partial charge is 0.384 e. The molecule has 0 aliphatic heterocycles.